The van der Waals surface area contributed by atoms with Crippen LogP contribution < -0.4 is 11.5 Å². The molecular weight excluding hydrogens is 171 g/mol. The Labute approximate surface area is 75.5 Å². The molecule has 0 saturated heterocycles. The average molecular weight is 182 g/mol. The van der Waals surface area contributed by atoms with Gasteiger partial charge in [0.2, 0.25) is 0 Å². The van der Waals surface area contributed by atoms with Gasteiger partial charge in [0.15, 0.2) is 5.78 Å². The summed E-state index contributed by atoms with van der Waals surface area (Å²) < 4.78 is 12.7. The lowest BCUT2D eigenvalue weighted by Crippen LogP contribution is -2.27. The van der Waals surface area contributed by atoms with Crippen LogP contribution in [-0.2, 0) is 0 Å². The van der Waals surface area contributed by atoms with Crippen molar-refractivity contribution in [3.63, 3.8) is 0 Å². The van der Waals surface area contributed by atoms with E-state index >= 15 is 0 Å². The molecule has 0 aliphatic heterocycles. The Bertz CT molecular complexity index is 336. The predicted octanol–water partition coefficient (Wildman–Crippen LogP) is 0.938. The van der Waals surface area contributed by atoms with E-state index in [-0.39, 0.29) is 17.0 Å². The summed E-state index contributed by atoms with van der Waals surface area (Å²) in [5.41, 5.74) is 11.2. The van der Waals surface area contributed by atoms with Crippen molar-refractivity contribution < 1.29 is 9.18 Å². The van der Waals surface area contributed by atoms with Crippen molar-refractivity contribution in [2.45, 2.75) is 13.0 Å². The van der Waals surface area contributed by atoms with E-state index in [2.05, 4.69) is 0 Å². The molecule has 1 aromatic carbocycles. The third-order valence-corrected chi connectivity index (χ3v) is 1.69. The minimum absolute atomic E-state index is 0.148. The van der Waals surface area contributed by atoms with Crippen LogP contribution in [0.2, 0.25) is 0 Å². The van der Waals surface area contributed by atoms with Crippen molar-refractivity contribution >= 4 is 11.5 Å². The Morgan fingerprint density at radius 1 is 1.54 bits per heavy atom. The third kappa shape index (κ3) is 2.03. The van der Waals surface area contributed by atoms with Crippen molar-refractivity contribution in [1.29, 1.82) is 0 Å². The number of carbonyl (C=O) groups excluding carboxylic acids is 1. The Morgan fingerprint density at radius 2 is 2.15 bits per heavy atom. The molecule has 0 spiro atoms. The summed E-state index contributed by atoms with van der Waals surface area (Å²) >= 11 is 0. The zero-order valence-electron chi connectivity index (χ0n) is 7.25. The molecule has 4 N–H and O–H groups in total. The van der Waals surface area contributed by atoms with Crippen LogP contribution in [0.15, 0.2) is 18.2 Å². The first-order valence-electron chi connectivity index (χ1n) is 3.87. The lowest BCUT2D eigenvalue weighted by molar-refractivity contribution is 0.0968. The summed E-state index contributed by atoms with van der Waals surface area (Å²) in [6.45, 7) is 1.53. The summed E-state index contributed by atoms with van der Waals surface area (Å²) in [7, 11) is 0. The van der Waals surface area contributed by atoms with Gasteiger partial charge in [-0.15, -0.1) is 0 Å². The van der Waals surface area contributed by atoms with Gasteiger partial charge in [-0.1, -0.05) is 0 Å². The lowest BCUT2D eigenvalue weighted by Gasteiger charge is -2.06. The molecule has 0 fully saturated rings. The molecular formula is C9H11FN2O. The molecule has 1 rings (SSSR count). The van der Waals surface area contributed by atoms with Gasteiger partial charge in [0, 0.05) is 11.3 Å². The Kier molecular flexibility index (Phi) is 2.63. The van der Waals surface area contributed by atoms with Crippen molar-refractivity contribution in [2.24, 2.45) is 5.73 Å². The standard InChI is InChI=1S/C9H11FN2O/c1-5(11)9(13)7-4-6(10)2-3-8(7)12/h2-5H,11-12H2,1H3. The number of hydrogen-bond acceptors (Lipinski definition) is 3. The first kappa shape index (κ1) is 9.67. The van der Waals surface area contributed by atoms with E-state index in [0.717, 1.165) is 6.07 Å². The first-order chi connectivity index (χ1) is 6.02. The molecule has 0 aliphatic carbocycles. The molecule has 70 valence electrons. The molecule has 1 atom stereocenters. The second-order valence-electron chi connectivity index (χ2n) is 2.88. The van der Waals surface area contributed by atoms with Crippen molar-refractivity contribution in [2.75, 3.05) is 5.73 Å². The monoisotopic (exact) mass is 182 g/mol. The Balaban J connectivity index is 3.13. The second kappa shape index (κ2) is 3.53. The number of benzene rings is 1. The van der Waals surface area contributed by atoms with E-state index in [4.69, 9.17) is 11.5 Å². The quantitative estimate of drug-likeness (QED) is 0.528. The maximum atomic E-state index is 12.7. The number of ketones is 1. The van der Waals surface area contributed by atoms with E-state index in [1.807, 2.05) is 0 Å². The summed E-state index contributed by atoms with van der Waals surface area (Å²) in [4.78, 5) is 11.3. The topological polar surface area (TPSA) is 69.1 Å². The van der Waals surface area contributed by atoms with Gasteiger partial charge in [0.25, 0.3) is 0 Å². The molecule has 0 saturated carbocycles. The summed E-state index contributed by atoms with van der Waals surface area (Å²) in [6, 6.07) is 2.99. The fraction of sp³-hybridized carbons (Fsp3) is 0.222. The van der Waals surface area contributed by atoms with Crippen LogP contribution in [0.25, 0.3) is 0 Å². The molecule has 0 aromatic heterocycles. The zero-order chi connectivity index (χ0) is 10.0. The molecule has 0 amide bonds. The van der Waals surface area contributed by atoms with Gasteiger partial charge >= 0.3 is 0 Å². The van der Waals surface area contributed by atoms with Crippen LogP contribution in [-0.4, -0.2) is 11.8 Å². The van der Waals surface area contributed by atoms with E-state index in [1.165, 1.54) is 19.1 Å². The third-order valence-electron chi connectivity index (χ3n) is 1.69. The van der Waals surface area contributed by atoms with Gasteiger partial charge < -0.3 is 11.5 Å². The van der Waals surface area contributed by atoms with E-state index < -0.39 is 11.9 Å². The molecule has 0 aliphatic rings. The number of Topliss-reactive ketones (excluding diaryl/α,β-unsaturated/α-hetero) is 1. The highest BCUT2D eigenvalue weighted by molar-refractivity contribution is 6.03. The predicted molar refractivity (Wildman–Crippen MR) is 48.8 cm³/mol. The number of carbonyl (C=O) groups is 1. The number of halogens is 1. The SMILES string of the molecule is CC(N)C(=O)c1cc(F)ccc1N. The lowest BCUT2D eigenvalue weighted by atomic mass is 10.0. The molecule has 4 heteroatoms. The maximum absolute atomic E-state index is 12.7. The Hall–Kier alpha value is -1.42. The van der Waals surface area contributed by atoms with E-state index in [1.54, 1.807) is 0 Å². The van der Waals surface area contributed by atoms with Gasteiger partial charge in [-0.05, 0) is 25.1 Å². The minimum Gasteiger partial charge on any atom is -0.398 e. The zero-order valence-corrected chi connectivity index (χ0v) is 7.25. The average Bonchev–Trinajstić information content (AvgIpc) is 2.08. The molecule has 0 heterocycles. The van der Waals surface area contributed by atoms with Gasteiger partial charge in [-0.25, -0.2) is 4.39 Å². The number of anilines is 1. The molecule has 0 radical (unpaired) electrons. The highest BCUT2D eigenvalue weighted by atomic mass is 19.1. The van der Waals surface area contributed by atoms with E-state index in [0.29, 0.717) is 0 Å². The number of nitrogens with two attached hydrogens (primary N) is 2. The first-order valence-corrected chi connectivity index (χ1v) is 3.87. The molecule has 13 heavy (non-hydrogen) atoms. The van der Waals surface area contributed by atoms with Crippen LogP contribution in [0, 0.1) is 5.82 Å². The normalized spacial score (nSPS) is 12.5. The molecule has 1 aromatic rings. The van der Waals surface area contributed by atoms with Crippen LogP contribution in [0.3, 0.4) is 0 Å². The molecule has 1 unspecified atom stereocenters. The number of nitrogen functional groups attached to an aromatic ring is 1. The van der Waals surface area contributed by atoms with Crippen LogP contribution in [0.5, 0.6) is 0 Å². The smallest absolute Gasteiger partial charge is 0.181 e. The van der Waals surface area contributed by atoms with Gasteiger partial charge in [-0.2, -0.15) is 0 Å². The van der Waals surface area contributed by atoms with Crippen LogP contribution in [0.1, 0.15) is 17.3 Å². The highest BCUT2D eigenvalue weighted by Crippen LogP contribution is 2.14. The van der Waals surface area contributed by atoms with Crippen LogP contribution in [0.4, 0.5) is 10.1 Å². The maximum Gasteiger partial charge on any atom is 0.181 e. The van der Waals surface area contributed by atoms with Crippen molar-refractivity contribution in [3.05, 3.63) is 29.6 Å². The number of rotatable bonds is 2. The second-order valence-corrected chi connectivity index (χ2v) is 2.88. The van der Waals surface area contributed by atoms with Crippen molar-refractivity contribution in [1.82, 2.24) is 0 Å². The summed E-state index contributed by atoms with van der Waals surface area (Å²) in [5, 5.41) is 0. The molecule has 0 bridgehead atoms. The fourth-order valence-corrected chi connectivity index (χ4v) is 0.987. The summed E-state index contributed by atoms with van der Waals surface area (Å²) in [5.74, 6) is -0.838. The largest absolute Gasteiger partial charge is 0.398 e. The Morgan fingerprint density at radius 3 is 2.69 bits per heavy atom. The minimum atomic E-state index is -0.663. The van der Waals surface area contributed by atoms with Gasteiger partial charge in [-0.3, -0.25) is 4.79 Å². The van der Waals surface area contributed by atoms with Gasteiger partial charge in [0.05, 0.1) is 6.04 Å². The highest BCUT2D eigenvalue weighted by Gasteiger charge is 2.14. The molecule has 3 nitrogen and oxygen atoms in total. The summed E-state index contributed by atoms with van der Waals surface area (Å²) in [6.07, 6.45) is 0. The van der Waals surface area contributed by atoms with Crippen molar-refractivity contribution in [3.8, 4) is 0 Å². The number of hydrogen-bond donors (Lipinski definition) is 2. The fourth-order valence-electron chi connectivity index (χ4n) is 0.987. The van der Waals surface area contributed by atoms with Crippen LogP contribution >= 0.6 is 0 Å². The van der Waals surface area contributed by atoms with Gasteiger partial charge in [0.1, 0.15) is 5.82 Å². The van der Waals surface area contributed by atoms with E-state index in [9.17, 15) is 9.18 Å².